The molecule has 14 nitrogen and oxygen atoms in total. The number of anilines is 1. The van der Waals surface area contributed by atoms with Crippen molar-refractivity contribution in [3.05, 3.63) is 54.0 Å². The third kappa shape index (κ3) is 8.37. The lowest BCUT2D eigenvalue weighted by atomic mass is 9.87. The lowest BCUT2D eigenvalue weighted by Crippen LogP contribution is -2.43. The fraction of sp³-hybridized carbons (Fsp3) is 0.562. The summed E-state index contributed by atoms with van der Waals surface area (Å²) in [6, 6.07) is 9.25. The van der Waals surface area contributed by atoms with Crippen LogP contribution in [0.1, 0.15) is 71.6 Å². The minimum Gasteiger partial charge on any atom is -0.465 e. The van der Waals surface area contributed by atoms with Gasteiger partial charge in [0, 0.05) is 13.3 Å². The minimum atomic E-state index is -4.32. The van der Waals surface area contributed by atoms with Gasteiger partial charge in [0.15, 0.2) is 11.4 Å². The van der Waals surface area contributed by atoms with E-state index in [2.05, 4.69) is 47.9 Å². The molecule has 6 atom stereocenters. The van der Waals surface area contributed by atoms with Crippen molar-refractivity contribution in [3.8, 4) is 5.75 Å². The number of nitrogens with two attached hydrogens (primary N) is 1. The van der Waals surface area contributed by atoms with Crippen molar-refractivity contribution in [1.82, 2.24) is 19.7 Å². The molecule has 0 amide bonds. The highest BCUT2D eigenvalue weighted by atomic mass is 31.2. The number of aliphatic hydroxyl groups excluding tert-OH is 2. The molecule has 3 heterocycles. The van der Waals surface area contributed by atoms with Crippen molar-refractivity contribution in [2.75, 3.05) is 26.0 Å². The van der Waals surface area contributed by atoms with Gasteiger partial charge in [-0.1, -0.05) is 59.1 Å². The Morgan fingerprint density at radius 2 is 1.94 bits per heavy atom. The zero-order valence-electron chi connectivity index (χ0n) is 27.8. The average Bonchev–Trinajstić information content (AvgIpc) is 3.56. The fourth-order valence-corrected chi connectivity index (χ4v) is 6.84. The van der Waals surface area contributed by atoms with Crippen LogP contribution in [0, 0.1) is 0 Å². The van der Waals surface area contributed by atoms with Crippen LogP contribution in [-0.4, -0.2) is 81.6 Å². The van der Waals surface area contributed by atoms with E-state index in [1.807, 2.05) is 12.1 Å². The summed E-state index contributed by atoms with van der Waals surface area (Å²) in [4.78, 5) is 20.9. The molecule has 1 saturated heterocycles. The molecule has 0 spiro atoms. The first-order valence-electron chi connectivity index (χ1n) is 15.8. The Kier molecular flexibility index (Phi) is 11.8. The number of carbonyl (C=O) groups excluding carboxylic acids is 1. The quantitative estimate of drug-likeness (QED) is 0.0787. The number of aliphatic hydroxyl groups is 2. The molecule has 4 rings (SSSR count). The van der Waals surface area contributed by atoms with E-state index >= 15 is 0 Å². The Labute approximate surface area is 275 Å². The second kappa shape index (κ2) is 15.2. The van der Waals surface area contributed by atoms with Gasteiger partial charge in [-0.3, -0.25) is 14.3 Å². The van der Waals surface area contributed by atoms with Crippen LogP contribution in [0.2, 0.25) is 0 Å². The zero-order chi connectivity index (χ0) is 34.4. The lowest BCUT2D eigenvalue weighted by Gasteiger charge is -2.28. The summed E-state index contributed by atoms with van der Waals surface area (Å²) in [5.41, 5.74) is 6.03. The second-order valence-corrected chi connectivity index (χ2v) is 14.4. The van der Waals surface area contributed by atoms with E-state index in [1.54, 1.807) is 24.3 Å². The summed E-state index contributed by atoms with van der Waals surface area (Å²) < 4.78 is 39.0. The smallest absolute Gasteiger partial charge is 0.459 e. The number of benzene rings is 1. The molecule has 1 fully saturated rings. The van der Waals surface area contributed by atoms with Crippen molar-refractivity contribution >= 4 is 31.3 Å². The van der Waals surface area contributed by atoms with Crippen molar-refractivity contribution in [1.29, 1.82) is 0 Å². The van der Waals surface area contributed by atoms with Crippen LogP contribution in [0.3, 0.4) is 0 Å². The van der Waals surface area contributed by atoms with Gasteiger partial charge in [-0.2, -0.15) is 10.2 Å². The van der Waals surface area contributed by atoms with Gasteiger partial charge in [-0.25, -0.2) is 14.1 Å². The number of esters is 1. The highest BCUT2D eigenvalue weighted by Gasteiger charge is 2.56. The maximum atomic E-state index is 14.2. The van der Waals surface area contributed by atoms with Crippen LogP contribution in [0.15, 0.2) is 47.7 Å². The van der Waals surface area contributed by atoms with Gasteiger partial charge in [0.1, 0.15) is 41.9 Å². The summed E-state index contributed by atoms with van der Waals surface area (Å²) in [5.74, 6) is -0.188. The average molecular weight is 675 g/mol. The minimum absolute atomic E-state index is 0.124. The van der Waals surface area contributed by atoms with Crippen LogP contribution < -0.4 is 15.3 Å². The second-order valence-electron chi connectivity index (χ2n) is 12.7. The van der Waals surface area contributed by atoms with Gasteiger partial charge in [0.05, 0.1) is 18.9 Å². The Morgan fingerprint density at radius 1 is 1.21 bits per heavy atom. The van der Waals surface area contributed by atoms with E-state index in [1.165, 1.54) is 31.0 Å². The summed E-state index contributed by atoms with van der Waals surface area (Å²) in [7, 11) is -2.82. The van der Waals surface area contributed by atoms with Crippen LogP contribution in [0.5, 0.6) is 5.75 Å². The van der Waals surface area contributed by atoms with Gasteiger partial charge in [0.25, 0.3) is 0 Å². The molecule has 1 aromatic carbocycles. The predicted octanol–water partition coefficient (Wildman–Crippen LogP) is 3.93. The molecule has 2 aromatic heterocycles. The highest BCUT2D eigenvalue weighted by Crippen LogP contribution is 2.47. The van der Waals surface area contributed by atoms with Crippen LogP contribution in [0.25, 0.3) is 5.52 Å². The third-order valence-corrected chi connectivity index (χ3v) is 9.64. The number of rotatable bonds is 15. The number of hydrogen-bond acceptors (Lipinski definition) is 12. The molecule has 3 aromatic rings. The number of nitrogens with one attached hydrogen (secondary N) is 1. The maximum Gasteiger partial charge on any atom is 0.459 e. The molecule has 1 aliphatic heterocycles. The first-order chi connectivity index (χ1) is 22.2. The molecule has 258 valence electrons. The van der Waals surface area contributed by atoms with Crippen LogP contribution in [0.4, 0.5) is 5.82 Å². The van der Waals surface area contributed by atoms with Crippen molar-refractivity contribution in [2.24, 2.45) is 4.99 Å². The topological polar surface area (TPSA) is 192 Å². The molecule has 0 saturated carbocycles. The standard InChI is InChI=1S/C32H47N6O8P/c1-7-8-9-10-17-43-30(41)21(2)37-47(42,46-23-13-11-22(12-14-23)31(3,4)5)44-18-25-27(39)28(40)32(45-25,19-34-6)26-16-15-24-29(33)35-20-36-38(24)26/h11-16,19-21,25,27-28,39-40H,7-10,17-18H2,1-6H3,(H,37,42)(H2,33,35,36)/t21-,25+,27+,28+,32-,47?/m0/s1. The summed E-state index contributed by atoms with van der Waals surface area (Å²) in [6.07, 6.45) is 2.08. The Bertz CT molecular complexity index is 1580. The van der Waals surface area contributed by atoms with Crippen LogP contribution >= 0.6 is 7.75 Å². The Balaban J connectivity index is 1.56. The van der Waals surface area contributed by atoms with Gasteiger partial charge in [-0.05, 0) is 48.6 Å². The van der Waals surface area contributed by atoms with Crippen molar-refractivity contribution in [2.45, 2.75) is 95.7 Å². The first kappa shape index (κ1) is 36.4. The lowest BCUT2D eigenvalue weighted by molar-refractivity contribution is -0.145. The third-order valence-electron chi connectivity index (χ3n) is 8.00. The molecular weight excluding hydrogens is 627 g/mol. The summed E-state index contributed by atoms with van der Waals surface area (Å²) in [5, 5.41) is 29.4. The molecule has 5 N–H and O–H groups in total. The number of hydrogen-bond donors (Lipinski definition) is 4. The van der Waals surface area contributed by atoms with Gasteiger partial charge < -0.3 is 29.9 Å². The van der Waals surface area contributed by atoms with E-state index in [0.717, 1.165) is 24.8 Å². The number of ether oxygens (including phenoxy) is 2. The highest BCUT2D eigenvalue weighted by molar-refractivity contribution is 7.52. The van der Waals surface area contributed by atoms with E-state index in [4.69, 9.17) is 24.3 Å². The van der Waals surface area contributed by atoms with E-state index in [9.17, 15) is 19.6 Å². The maximum absolute atomic E-state index is 14.2. The fourth-order valence-electron chi connectivity index (χ4n) is 5.34. The van der Waals surface area contributed by atoms with E-state index < -0.39 is 50.3 Å². The number of nitrogens with zero attached hydrogens (tertiary/aromatic N) is 4. The molecule has 47 heavy (non-hydrogen) atoms. The SMILES string of the molecule is CCCCCCOC(=O)[C@H](C)NP(=O)(OC[C@H]1O[C@@](C=NC)(c2ccc3c(N)ncnn23)[C@H](O)[C@@H]1O)Oc1ccc(C(C)(C)C)cc1. The number of nitrogen functional groups attached to an aromatic ring is 1. The molecular formula is C32H47N6O8P. The Morgan fingerprint density at radius 3 is 2.60 bits per heavy atom. The summed E-state index contributed by atoms with van der Waals surface area (Å²) in [6.45, 7) is 9.52. The largest absolute Gasteiger partial charge is 0.465 e. The molecule has 1 unspecified atom stereocenters. The number of carbonyl (C=O) groups is 1. The molecule has 1 aliphatic rings. The number of unbranched alkanes of at least 4 members (excludes halogenated alkanes) is 3. The molecule has 0 bridgehead atoms. The van der Waals surface area contributed by atoms with Gasteiger partial charge in [0.2, 0.25) is 0 Å². The molecule has 0 radical (unpaired) electrons. The summed E-state index contributed by atoms with van der Waals surface area (Å²) >= 11 is 0. The van der Waals surface area contributed by atoms with Crippen molar-refractivity contribution < 1.29 is 38.1 Å². The first-order valence-corrected chi connectivity index (χ1v) is 17.3. The number of aliphatic imine (C=N–C) groups is 1. The monoisotopic (exact) mass is 674 g/mol. The normalized spacial score (nSPS) is 23.6. The van der Waals surface area contributed by atoms with Gasteiger partial charge >= 0.3 is 13.7 Å². The Hall–Kier alpha value is -3.39. The molecule has 0 aliphatic carbocycles. The van der Waals surface area contributed by atoms with Crippen LogP contribution in [-0.2, 0) is 34.4 Å². The molecule has 15 heteroatoms. The van der Waals surface area contributed by atoms with E-state index in [0.29, 0.717) is 17.6 Å². The number of fused-ring (bicyclic) bond motifs is 1. The zero-order valence-corrected chi connectivity index (χ0v) is 28.7. The number of aromatic nitrogens is 3. The van der Waals surface area contributed by atoms with Crippen molar-refractivity contribution in [3.63, 3.8) is 0 Å². The van der Waals surface area contributed by atoms with Gasteiger partial charge in [-0.15, -0.1) is 0 Å². The predicted molar refractivity (Wildman–Crippen MR) is 177 cm³/mol. The van der Waals surface area contributed by atoms with E-state index in [-0.39, 0.29) is 23.6 Å².